The quantitative estimate of drug-likeness (QED) is 0.465. The number of halogens is 1. The Labute approximate surface area is 179 Å². The summed E-state index contributed by atoms with van der Waals surface area (Å²) in [4.78, 5) is 24.2. The molecule has 1 fully saturated rings. The molecule has 9 heteroatoms. The molecule has 2 rings (SSSR count). The molecule has 1 heterocycles. The number of benzene rings is 1. The number of alkyl carbamates (subject to hydrolysis) is 1. The van der Waals surface area contributed by atoms with Crippen molar-refractivity contribution in [1.82, 2.24) is 10.6 Å². The molecule has 0 spiro atoms. The van der Waals surface area contributed by atoms with E-state index in [9.17, 15) is 9.59 Å². The highest BCUT2D eigenvalue weighted by atomic mass is 79.9. The van der Waals surface area contributed by atoms with Crippen molar-refractivity contribution in [3.8, 4) is 5.75 Å². The molecule has 0 aromatic heterocycles. The first kappa shape index (κ1) is 23.3. The lowest BCUT2D eigenvalue weighted by atomic mass is 10.0. The predicted molar refractivity (Wildman–Crippen MR) is 112 cm³/mol. The van der Waals surface area contributed by atoms with E-state index in [0.717, 1.165) is 11.3 Å². The van der Waals surface area contributed by atoms with Crippen molar-refractivity contribution in [1.29, 1.82) is 0 Å². The van der Waals surface area contributed by atoms with Gasteiger partial charge in [-0.1, -0.05) is 28.1 Å². The van der Waals surface area contributed by atoms with Crippen molar-refractivity contribution in [2.75, 3.05) is 25.5 Å². The van der Waals surface area contributed by atoms with Crippen LogP contribution < -0.4 is 15.4 Å². The van der Waals surface area contributed by atoms with Crippen molar-refractivity contribution in [2.45, 2.75) is 51.0 Å². The normalized spacial score (nSPS) is 21.3. The zero-order chi connectivity index (χ0) is 21.4. The van der Waals surface area contributed by atoms with Gasteiger partial charge in [-0.2, -0.15) is 0 Å². The van der Waals surface area contributed by atoms with Gasteiger partial charge in [0.1, 0.15) is 11.4 Å². The van der Waals surface area contributed by atoms with Gasteiger partial charge < -0.3 is 29.6 Å². The summed E-state index contributed by atoms with van der Waals surface area (Å²) in [5.74, 6) is 0.765. The Morgan fingerprint density at radius 2 is 1.90 bits per heavy atom. The van der Waals surface area contributed by atoms with Crippen molar-refractivity contribution >= 4 is 28.2 Å². The van der Waals surface area contributed by atoms with Crippen LogP contribution in [0.25, 0.3) is 0 Å². The van der Waals surface area contributed by atoms with Crippen LogP contribution in [0.3, 0.4) is 0 Å². The molecule has 1 saturated heterocycles. The Kier molecular flexibility index (Phi) is 8.58. The molecule has 162 valence electrons. The van der Waals surface area contributed by atoms with Gasteiger partial charge in [-0.15, -0.1) is 0 Å². The molecule has 1 aliphatic rings. The van der Waals surface area contributed by atoms with E-state index in [0.29, 0.717) is 24.8 Å². The highest BCUT2D eigenvalue weighted by Crippen LogP contribution is 2.22. The third-order valence-corrected chi connectivity index (χ3v) is 4.60. The number of hydrogen-bond donors (Lipinski definition) is 2. The van der Waals surface area contributed by atoms with Crippen LogP contribution in [-0.4, -0.2) is 61.6 Å². The minimum absolute atomic E-state index is 0.217. The maximum atomic E-state index is 12.1. The second-order valence-electron chi connectivity index (χ2n) is 7.67. The third-order valence-electron chi connectivity index (χ3n) is 4.20. The van der Waals surface area contributed by atoms with Crippen LogP contribution in [0.15, 0.2) is 24.3 Å². The molecule has 0 aliphatic carbocycles. The molecule has 2 N–H and O–H groups in total. The van der Waals surface area contributed by atoms with Crippen molar-refractivity contribution in [3.05, 3.63) is 29.8 Å². The Balaban J connectivity index is 2.07. The summed E-state index contributed by atoms with van der Waals surface area (Å²) in [6.07, 6.45) is -2.06. The smallest absolute Gasteiger partial charge is 0.497 e. The van der Waals surface area contributed by atoms with Crippen molar-refractivity contribution < 1.29 is 28.5 Å². The maximum absolute atomic E-state index is 12.1. The van der Waals surface area contributed by atoms with E-state index in [1.165, 1.54) is 0 Å². The molecule has 1 aromatic rings. The van der Waals surface area contributed by atoms with Crippen LogP contribution in [0.2, 0.25) is 0 Å². The Morgan fingerprint density at radius 3 is 2.48 bits per heavy atom. The number of hydrogen-bond acceptors (Lipinski definition) is 7. The number of nitrogens with one attached hydrogen (secondary N) is 2. The van der Waals surface area contributed by atoms with E-state index in [1.807, 2.05) is 24.3 Å². The van der Waals surface area contributed by atoms with Gasteiger partial charge in [0.15, 0.2) is 12.2 Å². The molecule has 8 nitrogen and oxygen atoms in total. The summed E-state index contributed by atoms with van der Waals surface area (Å²) in [5, 5.41) is 6.54. The number of ether oxygens (including phenoxy) is 4. The lowest BCUT2D eigenvalue weighted by Gasteiger charge is -2.26. The second kappa shape index (κ2) is 10.7. The van der Waals surface area contributed by atoms with Gasteiger partial charge in [0.05, 0.1) is 13.2 Å². The minimum atomic E-state index is -0.788. The van der Waals surface area contributed by atoms with E-state index >= 15 is 0 Å². The topological polar surface area (TPSA) is 95.1 Å². The Morgan fingerprint density at radius 1 is 1.21 bits per heavy atom. The van der Waals surface area contributed by atoms with Gasteiger partial charge >= 0.3 is 12.2 Å². The SMILES string of the molecule is COc1ccc(C[C@H]2NC[C@H](OC(=O)OC(C)(C)C)[C@H]2OC(=O)NCCBr)cc1. The summed E-state index contributed by atoms with van der Waals surface area (Å²) >= 11 is 3.25. The lowest BCUT2D eigenvalue weighted by molar-refractivity contribution is -0.0517. The highest BCUT2D eigenvalue weighted by molar-refractivity contribution is 9.09. The van der Waals surface area contributed by atoms with Crippen LogP contribution >= 0.6 is 15.9 Å². The number of rotatable bonds is 7. The predicted octanol–water partition coefficient (Wildman–Crippen LogP) is 3.02. The molecule has 1 aliphatic heterocycles. The van der Waals surface area contributed by atoms with Crippen molar-refractivity contribution in [2.24, 2.45) is 0 Å². The minimum Gasteiger partial charge on any atom is -0.497 e. The largest absolute Gasteiger partial charge is 0.509 e. The number of methoxy groups -OCH3 is 1. The summed E-state index contributed by atoms with van der Waals surface area (Å²) in [6.45, 7) is 6.07. The fourth-order valence-electron chi connectivity index (χ4n) is 2.94. The molecule has 0 bridgehead atoms. The van der Waals surface area contributed by atoms with Gasteiger partial charge in [-0.05, 0) is 44.9 Å². The van der Waals surface area contributed by atoms with Crippen molar-refractivity contribution in [3.63, 3.8) is 0 Å². The molecule has 0 unspecified atom stereocenters. The summed E-state index contributed by atoms with van der Waals surface area (Å²) in [6, 6.07) is 7.43. The van der Waals surface area contributed by atoms with Gasteiger partial charge in [-0.3, -0.25) is 0 Å². The fraction of sp³-hybridized carbons (Fsp3) is 0.600. The van der Waals surface area contributed by atoms with Gasteiger partial charge in [-0.25, -0.2) is 9.59 Å². The van der Waals surface area contributed by atoms with Gasteiger partial charge in [0.25, 0.3) is 0 Å². The zero-order valence-corrected chi connectivity index (χ0v) is 18.8. The molecule has 1 amide bonds. The van der Waals surface area contributed by atoms with E-state index in [2.05, 4.69) is 26.6 Å². The van der Waals surface area contributed by atoms with Gasteiger partial charge in [0, 0.05) is 18.4 Å². The molecule has 29 heavy (non-hydrogen) atoms. The summed E-state index contributed by atoms with van der Waals surface area (Å²) < 4.78 is 21.5. The monoisotopic (exact) mass is 472 g/mol. The van der Waals surface area contributed by atoms with E-state index < -0.39 is 30.1 Å². The fourth-order valence-corrected chi connectivity index (χ4v) is 3.14. The highest BCUT2D eigenvalue weighted by Gasteiger charge is 2.42. The number of alkyl halides is 1. The van der Waals surface area contributed by atoms with Gasteiger partial charge in [0.2, 0.25) is 0 Å². The Hall–Kier alpha value is -2.00. The van der Waals surface area contributed by atoms with E-state index in [-0.39, 0.29) is 6.04 Å². The Bertz CT molecular complexity index is 677. The standard InChI is InChI=1S/C20H29BrN2O6/c1-20(2,3)29-19(25)27-16-12-23-15(17(16)28-18(24)22-10-9-21)11-13-5-7-14(26-4)8-6-13/h5-8,15-17,23H,9-12H2,1-4H3,(H,22,24)/t15-,16+,17+/m1/s1. The molecule has 3 atom stereocenters. The average Bonchev–Trinajstić information content (AvgIpc) is 3.00. The molecule has 0 saturated carbocycles. The molecule has 0 radical (unpaired) electrons. The summed E-state index contributed by atoms with van der Waals surface area (Å²) in [5.41, 5.74) is 0.366. The number of carbonyl (C=O) groups is 2. The first-order valence-corrected chi connectivity index (χ1v) is 10.6. The van der Waals surface area contributed by atoms with E-state index in [1.54, 1.807) is 27.9 Å². The maximum Gasteiger partial charge on any atom is 0.509 e. The third kappa shape index (κ3) is 7.74. The van der Waals surface area contributed by atoms with Crippen LogP contribution in [-0.2, 0) is 20.6 Å². The van der Waals surface area contributed by atoms with Crippen LogP contribution in [0, 0.1) is 0 Å². The molecule has 1 aromatic carbocycles. The zero-order valence-electron chi connectivity index (χ0n) is 17.2. The number of carbonyl (C=O) groups excluding carboxylic acids is 2. The van der Waals surface area contributed by atoms with E-state index in [4.69, 9.17) is 18.9 Å². The average molecular weight is 473 g/mol. The second-order valence-corrected chi connectivity index (χ2v) is 8.47. The lowest BCUT2D eigenvalue weighted by Crippen LogP contribution is -2.43. The molecular weight excluding hydrogens is 444 g/mol. The number of amides is 1. The van der Waals surface area contributed by atoms with Crippen LogP contribution in [0.1, 0.15) is 26.3 Å². The first-order chi connectivity index (χ1) is 13.7. The van der Waals surface area contributed by atoms with Crippen LogP contribution in [0.5, 0.6) is 5.75 Å². The molecular formula is C20H29BrN2O6. The van der Waals surface area contributed by atoms with Crippen LogP contribution in [0.4, 0.5) is 9.59 Å². The first-order valence-electron chi connectivity index (χ1n) is 9.48. The summed E-state index contributed by atoms with van der Waals surface area (Å²) in [7, 11) is 1.61.